The summed E-state index contributed by atoms with van der Waals surface area (Å²) in [6, 6.07) is 0. The molecule has 1 atom stereocenters. The van der Waals surface area contributed by atoms with Gasteiger partial charge < -0.3 is 4.74 Å². The van der Waals surface area contributed by atoms with Crippen molar-refractivity contribution in [3.05, 3.63) is 0 Å². The van der Waals surface area contributed by atoms with Crippen molar-refractivity contribution in [2.75, 3.05) is 0 Å². The molecule has 0 rings (SSSR count). The van der Waals surface area contributed by atoms with E-state index in [1.54, 1.807) is 20.8 Å². The summed E-state index contributed by atoms with van der Waals surface area (Å²) in [7, 11) is 5.21. The predicted octanol–water partition coefficient (Wildman–Crippen LogP) is 0.915. The Bertz CT molecular complexity index is 99.2. The summed E-state index contributed by atoms with van der Waals surface area (Å²) in [6.45, 7) is 5.19. The lowest BCUT2D eigenvalue weighted by Gasteiger charge is -2.09. The van der Waals surface area contributed by atoms with Crippen LogP contribution in [-0.4, -0.2) is 19.9 Å². The second-order valence-corrected chi connectivity index (χ2v) is 2.27. The van der Waals surface area contributed by atoms with E-state index in [1.807, 2.05) is 0 Å². The van der Waals surface area contributed by atoms with E-state index >= 15 is 0 Å². The van der Waals surface area contributed by atoms with Crippen molar-refractivity contribution < 1.29 is 9.53 Å². The largest absolute Gasteiger partial charge is 0.463 e. The van der Waals surface area contributed by atoms with Crippen LogP contribution in [0.15, 0.2) is 0 Å². The average Bonchev–Trinajstić information content (AvgIpc) is 1.63. The zero-order valence-corrected chi connectivity index (χ0v) is 6.05. The monoisotopic (exact) mass is 126 g/mol. The van der Waals surface area contributed by atoms with Crippen molar-refractivity contribution in [1.82, 2.24) is 0 Å². The molecular formula is C6H11BO2. The van der Waals surface area contributed by atoms with Crippen molar-refractivity contribution in [1.29, 1.82) is 0 Å². The fourth-order valence-corrected chi connectivity index (χ4v) is 0.340. The Balaban J connectivity index is 3.51. The Morgan fingerprint density at radius 1 is 1.44 bits per heavy atom. The lowest BCUT2D eigenvalue weighted by Crippen LogP contribution is -2.14. The molecule has 2 nitrogen and oxygen atoms in total. The number of ether oxygens (including phenoxy) is 1. The molecule has 2 radical (unpaired) electrons. The molecule has 0 heterocycles. The number of carbonyl (C=O) groups is 1. The Hall–Kier alpha value is -0.465. The smallest absolute Gasteiger partial charge is 0.300 e. The van der Waals surface area contributed by atoms with E-state index in [1.165, 1.54) is 0 Å². The molecular weight excluding hydrogens is 115 g/mol. The topological polar surface area (TPSA) is 26.3 Å². The number of carbonyl (C=O) groups excluding carboxylic acids is 1. The van der Waals surface area contributed by atoms with Gasteiger partial charge in [0, 0.05) is 5.82 Å². The summed E-state index contributed by atoms with van der Waals surface area (Å²) < 4.78 is 4.75. The van der Waals surface area contributed by atoms with Gasteiger partial charge in [-0.1, -0.05) is 6.92 Å². The van der Waals surface area contributed by atoms with Crippen molar-refractivity contribution in [3.8, 4) is 0 Å². The number of hydrogen-bond acceptors (Lipinski definition) is 2. The van der Waals surface area contributed by atoms with E-state index in [0.717, 1.165) is 0 Å². The van der Waals surface area contributed by atoms with Crippen molar-refractivity contribution >= 4 is 13.8 Å². The van der Waals surface area contributed by atoms with Crippen LogP contribution in [0.3, 0.4) is 0 Å². The van der Waals surface area contributed by atoms with Gasteiger partial charge in [0.25, 0.3) is 5.97 Å². The maximum absolute atomic E-state index is 10.6. The third kappa shape index (κ3) is 4.07. The quantitative estimate of drug-likeness (QED) is 0.406. The molecule has 0 bridgehead atoms. The van der Waals surface area contributed by atoms with E-state index in [0.29, 0.717) is 0 Å². The van der Waals surface area contributed by atoms with Crippen LogP contribution in [0.4, 0.5) is 0 Å². The van der Waals surface area contributed by atoms with Gasteiger partial charge in [-0.05, 0) is 13.8 Å². The summed E-state index contributed by atoms with van der Waals surface area (Å²) >= 11 is 0. The van der Waals surface area contributed by atoms with Crippen LogP contribution in [0.1, 0.15) is 20.8 Å². The minimum atomic E-state index is -0.507. The maximum Gasteiger partial charge on any atom is 0.300 e. The second kappa shape index (κ2) is 3.54. The average molecular weight is 126 g/mol. The molecule has 0 saturated heterocycles. The predicted molar refractivity (Wildman–Crippen MR) is 36.4 cm³/mol. The molecule has 0 saturated carbocycles. The minimum Gasteiger partial charge on any atom is -0.463 e. The van der Waals surface area contributed by atoms with Gasteiger partial charge in [0.2, 0.25) is 0 Å². The van der Waals surface area contributed by atoms with E-state index in [4.69, 9.17) is 12.6 Å². The summed E-state index contributed by atoms with van der Waals surface area (Å²) in [4.78, 5) is 10.6. The molecule has 0 spiro atoms. The first-order valence-corrected chi connectivity index (χ1v) is 3.00. The Morgan fingerprint density at radius 3 is 2.00 bits per heavy atom. The number of rotatable bonds is 2. The van der Waals surface area contributed by atoms with Crippen LogP contribution in [0.25, 0.3) is 0 Å². The van der Waals surface area contributed by atoms with Crippen LogP contribution >= 0.6 is 0 Å². The lowest BCUT2D eigenvalue weighted by molar-refractivity contribution is -0.146. The summed E-state index contributed by atoms with van der Waals surface area (Å²) in [6.07, 6.45) is -0.0662. The molecule has 0 aromatic rings. The maximum atomic E-state index is 10.6. The normalized spacial score (nSPS) is 13.3. The van der Waals surface area contributed by atoms with Gasteiger partial charge in [-0.3, -0.25) is 4.79 Å². The molecule has 0 fully saturated rings. The molecule has 0 aromatic carbocycles. The van der Waals surface area contributed by atoms with Gasteiger partial charge in [0.1, 0.15) is 0 Å². The molecule has 50 valence electrons. The van der Waals surface area contributed by atoms with Crippen LogP contribution < -0.4 is 0 Å². The molecule has 0 amide bonds. The highest BCUT2D eigenvalue weighted by atomic mass is 16.5. The van der Waals surface area contributed by atoms with E-state index in [9.17, 15) is 4.79 Å². The van der Waals surface area contributed by atoms with Crippen molar-refractivity contribution in [3.63, 3.8) is 0 Å². The Kier molecular flexibility index (Phi) is 3.36. The standard InChI is InChI=1S/C6H11BO2/c1-4(2)9-6(8)5(3)7/h4-5H,1-3H3/t5-/m0/s1. The molecule has 0 unspecified atom stereocenters. The summed E-state index contributed by atoms with van der Waals surface area (Å²) in [5.74, 6) is -0.850. The molecule has 3 heteroatoms. The van der Waals surface area contributed by atoms with Crippen LogP contribution in [0.2, 0.25) is 5.82 Å². The molecule has 0 aliphatic heterocycles. The first kappa shape index (κ1) is 8.53. The lowest BCUT2D eigenvalue weighted by atomic mass is 9.90. The van der Waals surface area contributed by atoms with Gasteiger partial charge >= 0.3 is 0 Å². The zero-order chi connectivity index (χ0) is 7.44. The van der Waals surface area contributed by atoms with Gasteiger partial charge in [0.05, 0.1) is 14.0 Å². The fourth-order valence-electron chi connectivity index (χ4n) is 0.340. The zero-order valence-electron chi connectivity index (χ0n) is 6.05. The first-order valence-electron chi connectivity index (χ1n) is 3.00. The molecule has 0 aromatic heterocycles. The first-order chi connectivity index (χ1) is 4.04. The van der Waals surface area contributed by atoms with E-state index in [-0.39, 0.29) is 12.1 Å². The van der Waals surface area contributed by atoms with Crippen molar-refractivity contribution in [2.24, 2.45) is 0 Å². The Labute approximate surface area is 57.0 Å². The summed E-state index contributed by atoms with van der Waals surface area (Å²) in [5.41, 5.74) is 0. The fraction of sp³-hybridized carbons (Fsp3) is 0.833. The SMILES string of the molecule is [B][C@@H](C)C(=O)OC(C)C. The van der Waals surface area contributed by atoms with Crippen LogP contribution in [0, 0.1) is 0 Å². The van der Waals surface area contributed by atoms with Crippen LogP contribution in [-0.2, 0) is 9.53 Å². The Morgan fingerprint density at radius 2 is 1.89 bits per heavy atom. The van der Waals surface area contributed by atoms with Gasteiger partial charge in [-0.2, -0.15) is 0 Å². The number of esters is 1. The highest BCUT2D eigenvalue weighted by Crippen LogP contribution is 2.01. The molecule has 0 aliphatic rings. The molecule has 0 N–H and O–H groups in total. The van der Waals surface area contributed by atoms with Crippen LogP contribution in [0.5, 0.6) is 0 Å². The van der Waals surface area contributed by atoms with Crippen molar-refractivity contribution in [2.45, 2.75) is 32.7 Å². The summed E-state index contributed by atoms with van der Waals surface area (Å²) in [5, 5.41) is 0. The van der Waals surface area contributed by atoms with Gasteiger partial charge in [0.15, 0.2) is 0 Å². The highest BCUT2D eigenvalue weighted by molar-refractivity contribution is 6.22. The third-order valence-electron chi connectivity index (χ3n) is 0.724. The van der Waals surface area contributed by atoms with Gasteiger partial charge in [-0.15, -0.1) is 0 Å². The van der Waals surface area contributed by atoms with Gasteiger partial charge in [-0.25, -0.2) is 0 Å². The molecule has 9 heavy (non-hydrogen) atoms. The van der Waals surface area contributed by atoms with E-state index in [2.05, 4.69) is 0 Å². The second-order valence-electron chi connectivity index (χ2n) is 2.27. The molecule has 0 aliphatic carbocycles. The third-order valence-corrected chi connectivity index (χ3v) is 0.724. The number of hydrogen-bond donors (Lipinski definition) is 0. The minimum absolute atomic E-state index is 0.0662. The highest BCUT2D eigenvalue weighted by Gasteiger charge is 2.08. The van der Waals surface area contributed by atoms with E-state index < -0.39 is 5.82 Å².